The monoisotopic (exact) mass is 267 g/mol. The SMILES string of the molecule is [NH2+]=Nc1ccccc1-c1ccccc1OC(F)(F)F. The first-order valence-corrected chi connectivity index (χ1v) is 5.36. The van der Waals surface area contributed by atoms with E-state index in [0.717, 1.165) is 0 Å². The highest BCUT2D eigenvalue weighted by molar-refractivity contribution is 5.79. The highest BCUT2D eigenvalue weighted by Crippen LogP contribution is 2.37. The van der Waals surface area contributed by atoms with E-state index in [1.54, 1.807) is 30.3 Å². The van der Waals surface area contributed by atoms with Gasteiger partial charge in [-0.1, -0.05) is 36.4 Å². The summed E-state index contributed by atoms with van der Waals surface area (Å²) in [6.45, 7) is 0. The van der Waals surface area contributed by atoms with Gasteiger partial charge in [0.25, 0.3) is 0 Å². The number of halogens is 3. The fraction of sp³-hybridized carbons (Fsp3) is 0.0769. The Labute approximate surface area is 107 Å². The number of hydrogen-bond acceptors (Lipinski definition) is 2. The van der Waals surface area contributed by atoms with Gasteiger partial charge in [-0.15, -0.1) is 13.2 Å². The standard InChI is InChI=1S/C13H9F3N2O/c14-13(15,16)19-12-8-4-2-6-10(12)9-5-1-3-7-11(9)18-17/h1-8,17H/p+1. The van der Waals surface area contributed by atoms with E-state index >= 15 is 0 Å². The number of benzene rings is 2. The zero-order valence-electron chi connectivity index (χ0n) is 9.69. The molecule has 0 fully saturated rings. The lowest BCUT2D eigenvalue weighted by Crippen LogP contribution is -2.22. The topological polar surface area (TPSA) is 47.2 Å². The molecule has 0 spiro atoms. The van der Waals surface area contributed by atoms with Crippen molar-refractivity contribution in [1.29, 1.82) is 0 Å². The highest BCUT2D eigenvalue weighted by atomic mass is 19.4. The van der Waals surface area contributed by atoms with E-state index in [4.69, 9.17) is 5.53 Å². The summed E-state index contributed by atoms with van der Waals surface area (Å²) in [5.74, 6) is -0.286. The highest BCUT2D eigenvalue weighted by Gasteiger charge is 2.32. The van der Waals surface area contributed by atoms with Crippen LogP contribution < -0.4 is 10.3 Å². The number of alkyl halides is 3. The number of nitrogens with zero attached hydrogens (tertiary/aromatic N) is 1. The molecule has 0 aliphatic rings. The Bertz CT molecular complexity index is 596. The molecule has 2 rings (SSSR count). The van der Waals surface area contributed by atoms with Gasteiger partial charge in [0.15, 0.2) is 0 Å². The van der Waals surface area contributed by atoms with E-state index in [-0.39, 0.29) is 11.3 Å². The Morgan fingerprint density at radius 1 is 0.895 bits per heavy atom. The van der Waals surface area contributed by atoms with Crippen molar-refractivity contribution in [2.45, 2.75) is 6.36 Å². The van der Waals surface area contributed by atoms with Crippen LogP contribution in [0.2, 0.25) is 0 Å². The molecule has 98 valence electrons. The minimum absolute atomic E-state index is 0.282. The van der Waals surface area contributed by atoms with E-state index in [1.807, 2.05) is 0 Å². The van der Waals surface area contributed by atoms with Crippen molar-refractivity contribution in [3.05, 3.63) is 48.5 Å². The second kappa shape index (κ2) is 5.09. The minimum Gasteiger partial charge on any atom is -0.405 e. The molecule has 0 saturated carbocycles. The van der Waals surface area contributed by atoms with E-state index in [0.29, 0.717) is 11.3 Å². The quantitative estimate of drug-likeness (QED) is 0.853. The van der Waals surface area contributed by atoms with Gasteiger partial charge < -0.3 is 4.74 Å². The first-order chi connectivity index (χ1) is 9.01. The Morgan fingerprint density at radius 3 is 2.11 bits per heavy atom. The third kappa shape index (κ3) is 3.09. The summed E-state index contributed by atoms with van der Waals surface area (Å²) in [5, 5.41) is 3.55. The smallest absolute Gasteiger partial charge is 0.405 e. The largest absolute Gasteiger partial charge is 0.573 e. The number of nitrogens with two attached hydrogens (primary N) is 1. The molecule has 2 aromatic rings. The Morgan fingerprint density at radius 2 is 1.47 bits per heavy atom. The molecule has 0 radical (unpaired) electrons. The zero-order chi connectivity index (χ0) is 13.9. The average molecular weight is 267 g/mol. The fourth-order valence-corrected chi connectivity index (χ4v) is 1.72. The zero-order valence-corrected chi connectivity index (χ0v) is 9.69. The molecular formula is C13H10F3N2O+. The maximum absolute atomic E-state index is 12.3. The van der Waals surface area contributed by atoms with Gasteiger partial charge in [-0.25, -0.2) is 0 Å². The fourth-order valence-electron chi connectivity index (χ4n) is 1.72. The number of hydrogen-bond donors (Lipinski definition) is 1. The second-order valence-corrected chi connectivity index (χ2v) is 3.69. The van der Waals surface area contributed by atoms with Crippen LogP contribution in [-0.2, 0) is 0 Å². The van der Waals surface area contributed by atoms with Crippen molar-refractivity contribution in [2.24, 2.45) is 5.11 Å². The van der Waals surface area contributed by atoms with Crippen molar-refractivity contribution in [1.82, 2.24) is 0 Å². The van der Waals surface area contributed by atoms with Crippen molar-refractivity contribution >= 4 is 5.69 Å². The molecule has 0 saturated heterocycles. The molecule has 0 aromatic heterocycles. The molecule has 2 N–H and O–H groups in total. The van der Waals surface area contributed by atoms with E-state index in [2.05, 4.69) is 9.85 Å². The predicted molar refractivity (Wildman–Crippen MR) is 62.6 cm³/mol. The van der Waals surface area contributed by atoms with Crippen LogP contribution in [0.4, 0.5) is 18.9 Å². The van der Waals surface area contributed by atoms with Gasteiger partial charge in [0.1, 0.15) is 11.4 Å². The maximum Gasteiger partial charge on any atom is 0.573 e. The second-order valence-electron chi connectivity index (χ2n) is 3.69. The molecule has 2 aromatic carbocycles. The van der Waals surface area contributed by atoms with Crippen LogP contribution in [0.5, 0.6) is 5.75 Å². The Balaban J connectivity index is 2.53. The number of ether oxygens (including phenoxy) is 1. The van der Waals surface area contributed by atoms with Gasteiger partial charge in [-0.05, 0) is 17.2 Å². The van der Waals surface area contributed by atoms with E-state index < -0.39 is 6.36 Å². The van der Waals surface area contributed by atoms with Crippen LogP contribution in [-0.4, -0.2) is 6.36 Å². The summed E-state index contributed by atoms with van der Waals surface area (Å²) in [7, 11) is 0. The van der Waals surface area contributed by atoms with Crippen molar-refractivity contribution in [3.8, 4) is 16.9 Å². The first-order valence-electron chi connectivity index (χ1n) is 5.36. The average Bonchev–Trinajstić information content (AvgIpc) is 2.37. The van der Waals surface area contributed by atoms with Crippen LogP contribution in [0.1, 0.15) is 0 Å². The third-order valence-corrected chi connectivity index (χ3v) is 2.45. The summed E-state index contributed by atoms with van der Waals surface area (Å²) in [4.78, 5) is 0. The van der Waals surface area contributed by atoms with E-state index in [9.17, 15) is 13.2 Å². The number of para-hydroxylation sites is 1. The predicted octanol–water partition coefficient (Wildman–Crippen LogP) is 3.10. The summed E-state index contributed by atoms with van der Waals surface area (Å²) in [5.41, 5.74) is 6.38. The van der Waals surface area contributed by atoms with Gasteiger partial charge in [0, 0.05) is 11.1 Å². The van der Waals surface area contributed by atoms with Crippen molar-refractivity contribution < 1.29 is 23.4 Å². The lowest BCUT2D eigenvalue weighted by atomic mass is 10.0. The van der Waals surface area contributed by atoms with Crippen molar-refractivity contribution in [2.75, 3.05) is 0 Å². The van der Waals surface area contributed by atoms with Crippen LogP contribution in [0.25, 0.3) is 11.1 Å². The van der Waals surface area contributed by atoms with Crippen LogP contribution in [0.15, 0.2) is 53.6 Å². The van der Waals surface area contributed by atoms with Gasteiger partial charge in [-0.3, -0.25) is 0 Å². The summed E-state index contributed by atoms with van der Waals surface area (Å²) >= 11 is 0. The molecule has 0 bridgehead atoms. The molecule has 19 heavy (non-hydrogen) atoms. The van der Waals surface area contributed by atoms with Crippen LogP contribution in [0, 0.1) is 0 Å². The number of rotatable bonds is 3. The minimum atomic E-state index is -4.75. The molecule has 3 nitrogen and oxygen atoms in total. The van der Waals surface area contributed by atoms with Gasteiger partial charge >= 0.3 is 6.36 Å². The normalized spacial score (nSPS) is 11.1. The maximum atomic E-state index is 12.3. The molecular weight excluding hydrogens is 257 g/mol. The summed E-state index contributed by atoms with van der Waals surface area (Å²) in [6.07, 6.45) is -4.75. The molecule has 0 heterocycles. The summed E-state index contributed by atoms with van der Waals surface area (Å²) < 4.78 is 41.1. The molecule has 6 heteroatoms. The van der Waals surface area contributed by atoms with Crippen LogP contribution in [0.3, 0.4) is 0 Å². The van der Waals surface area contributed by atoms with Gasteiger partial charge in [0.05, 0.1) is 0 Å². The molecule has 0 amide bonds. The van der Waals surface area contributed by atoms with Gasteiger partial charge in [0.2, 0.25) is 0 Å². The van der Waals surface area contributed by atoms with Crippen molar-refractivity contribution in [3.63, 3.8) is 0 Å². The molecule has 0 atom stereocenters. The third-order valence-electron chi connectivity index (χ3n) is 2.45. The first kappa shape index (κ1) is 13.1. The van der Waals surface area contributed by atoms with E-state index in [1.165, 1.54) is 18.2 Å². The lowest BCUT2D eigenvalue weighted by molar-refractivity contribution is -0.274. The lowest BCUT2D eigenvalue weighted by Gasteiger charge is -2.13. The van der Waals surface area contributed by atoms with Gasteiger partial charge in [-0.2, -0.15) is 5.53 Å². The molecule has 0 aliphatic heterocycles. The molecule has 0 aliphatic carbocycles. The van der Waals surface area contributed by atoms with Crippen LogP contribution >= 0.6 is 0 Å². The Hall–Kier alpha value is -2.37. The molecule has 0 unspecified atom stereocenters. The summed E-state index contributed by atoms with van der Waals surface area (Å²) in [6, 6.07) is 12.5. The Kier molecular flexibility index (Phi) is 3.50.